The van der Waals surface area contributed by atoms with Crippen molar-refractivity contribution in [3.05, 3.63) is 71.5 Å². The van der Waals surface area contributed by atoms with Gasteiger partial charge in [-0.15, -0.1) is 13.2 Å². The SMILES string of the molecule is Oc1ccc2c(c1)CCN(Cc1ccc(-c3ccc(OC(F)(F)F)cc3)o1)CC2. The summed E-state index contributed by atoms with van der Waals surface area (Å²) in [5.74, 6) is 1.42. The molecule has 29 heavy (non-hydrogen) atoms. The Labute approximate surface area is 166 Å². The Bertz CT molecular complexity index is 980. The highest BCUT2D eigenvalue weighted by Gasteiger charge is 2.31. The van der Waals surface area contributed by atoms with Crippen molar-refractivity contribution < 1.29 is 27.4 Å². The molecule has 3 aromatic rings. The number of fused-ring (bicyclic) bond motifs is 1. The zero-order valence-electron chi connectivity index (χ0n) is 15.6. The molecule has 0 fully saturated rings. The van der Waals surface area contributed by atoms with Crippen LogP contribution >= 0.6 is 0 Å². The maximum atomic E-state index is 12.3. The Balaban J connectivity index is 1.39. The van der Waals surface area contributed by atoms with Gasteiger partial charge in [-0.3, -0.25) is 4.90 Å². The summed E-state index contributed by atoms with van der Waals surface area (Å²) in [5.41, 5.74) is 3.12. The lowest BCUT2D eigenvalue weighted by Crippen LogP contribution is -2.25. The molecule has 0 saturated carbocycles. The average Bonchev–Trinajstić information content (AvgIpc) is 3.03. The van der Waals surface area contributed by atoms with Gasteiger partial charge in [0.1, 0.15) is 23.0 Å². The van der Waals surface area contributed by atoms with Crippen molar-refractivity contribution in [2.45, 2.75) is 25.7 Å². The van der Waals surface area contributed by atoms with Crippen LogP contribution in [0.2, 0.25) is 0 Å². The van der Waals surface area contributed by atoms with E-state index in [2.05, 4.69) is 9.64 Å². The fourth-order valence-corrected chi connectivity index (χ4v) is 3.58. The van der Waals surface area contributed by atoms with E-state index in [4.69, 9.17) is 4.42 Å². The third-order valence-electron chi connectivity index (χ3n) is 5.00. The number of ether oxygens (including phenoxy) is 1. The number of hydrogen-bond donors (Lipinski definition) is 1. The van der Waals surface area contributed by atoms with Gasteiger partial charge in [-0.25, -0.2) is 0 Å². The second-order valence-corrected chi connectivity index (χ2v) is 7.07. The van der Waals surface area contributed by atoms with E-state index in [-0.39, 0.29) is 5.75 Å². The topological polar surface area (TPSA) is 45.8 Å². The number of halogens is 3. The van der Waals surface area contributed by atoms with Gasteiger partial charge in [0.15, 0.2) is 0 Å². The Kier molecular flexibility index (Phi) is 5.24. The lowest BCUT2D eigenvalue weighted by Gasteiger charge is -2.18. The van der Waals surface area contributed by atoms with Crippen molar-refractivity contribution in [2.24, 2.45) is 0 Å². The van der Waals surface area contributed by atoms with Crippen LogP contribution in [0.5, 0.6) is 11.5 Å². The molecule has 0 radical (unpaired) electrons. The van der Waals surface area contributed by atoms with Gasteiger partial charge in [-0.1, -0.05) is 6.07 Å². The standard InChI is InChI=1S/C22H20F3NO3/c23-22(24,25)29-19-5-2-16(3-6-19)21-8-7-20(28-21)14-26-11-9-15-1-4-18(27)13-17(15)10-12-26/h1-8,13,27H,9-12,14H2. The van der Waals surface area contributed by atoms with Gasteiger partial charge in [0, 0.05) is 18.7 Å². The summed E-state index contributed by atoms with van der Waals surface area (Å²) in [6, 6.07) is 14.9. The largest absolute Gasteiger partial charge is 0.573 e. The highest BCUT2D eigenvalue weighted by molar-refractivity contribution is 5.58. The number of nitrogens with zero attached hydrogens (tertiary/aromatic N) is 1. The van der Waals surface area contributed by atoms with Crippen molar-refractivity contribution in [1.82, 2.24) is 4.90 Å². The Morgan fingerprint density at radius 3 is 2.38 bits per heavy atom. The van der Waals surface area contributed by atoms with Gasteiger partial charge >= 0.3 is 6.36 Å². The van der Waals surface area contributed by atoms with Crippen LogP contribution in [0.25, 0.3) is 11.3 Å². The van der Waals surface area contributed by atoms with E-state index in [1.165, 1.54) is 23.3 Å². The minimum atomic E-state index is -4.70. The molecule has 1 aliphatic rings. The van der Waals surface area contributed by atoms with Gasteiger partial charge in [-0.05, 0) is 72.5 Å². The maximum absolute atomic E-state index is 12.3. The number of aromatic hydroxyl groups is 1. The Morgan fingerprint density at radius 2 is 1.66 bits per heavy atom. The molecule has 2 heterocycles. The number of phenols is 1. The van der Waals surface area contributed by atoms with E-state index in [9.17, 15) is 18.3 Å². The molecule has 4 nitrogen and oxygen atoms in total. The average molecular weight is 403 g/mol. The molecule has 0 spiro atoms. The molecule has 1 aromatic heterocycles. The van der Waals surface area contributed by atoms with Crippen LogP contribution in [0.4, 0.5) is 13.2 Å². The lowest BCUT2D eigenvalue weighted by molar-refractivity contribution is -0.274. The molecule has 1 aliphatic heterocycles. The molecule has 1 N–H and O–H groups in total. The first-order chi connectivity index (χ1) is 13.9. The quantitative estimate of drug-likeness (QED) is 0.654. The number of benzene rings is 2. The summed E-state index contributed by atoms with van der Waals surface area (Å²) in [4.78, 5) is 2.29. The van der Waals surface area contributed by atoms with Gasteiger partial charge in [0.2, 0.25) is 0 Å². The second-order valence-electron chi connectivity index (χ2n) is 7.07. The number of alkyl halides is 3. The zero-order valence-corrected chi connectivity index (χ0v) is 15.6. The van der Waals surface area contributed by atoms with Gasteiger partial charge in [0.25, 0.3) is 0 Å². The summed E-state index contributed by atoms with van der Waals surface area (Å²) < 4.78 is 46.6. The lowest BCUT2D eigenvalue weighted by atomic mass is 10.0. The third-order valence-corrected chi connectivity index (χ3v) is 5.00. The van der Waals surface area contributed by atoms with Crippen LogP contribution in [0.1, 0.15) is 16.9 Å². The van der Waals surface area contributed by atoms with E-state index in [0.29, 0.717) is 23.6 Å². The summed E-state index contributed by atoms with van der Waals surface area (Å²) in [6.07, 6.45) is -2.94. The van der Waals surface area contributed by atoms with Gasteiger partial charge in [0.05, 0.1) is 6.54 Å². The van der Waals surface area contributed by atoms with E-state index in [0.717, 1.165) is 31.7 Å². The minimum Gasteiger partial charge on any atom is -0.508 e. The monoisotopic (exact) mass is 403 g/mol. The molecule has 0 bridgehead atoms. The zero-order chi connectivity index (χ0) is 20.4. The van der Waals surface area contributed by atoms with Gasteiger partial charge in [-0.2, -0.15) is 0 Å². The van der Waals surface area contributed by atoms with E-state index >= 15 is 0 Å². The molecule has 152 valence electrons. The van der Waals surface area contributed by atoms with Crippen LogP contribution in [-0.2, 0) is 19.4 Å². The van der Waals surface area contributed by atoms with E-state index < -0.39 is 6.36 Å². The first-order valence-corrected chi connectivity index (χ1v) is 9.34. The molecule has 0 aliphatic carbocycles. The highest BCUT2D eigenvalue weighted by atomic mass is 19.4. The van der Waals surface area contributed by atoms with Crippen LogP contribution in [-0.4, -0.2) is 29.5 Å². The number of phenolic OH excluding ortho intramolecular Hbond substituents is 1. The Hall–Kier alpha value is -2.93. The molecule has 0 unspecified atom stereocenters. The maximum Gasteiger partial charge on any atom is 0.573 e. The summed E-state index contributed by atoms with van der Waals surface area (Å²) in [5, 5.41) is 9.67. The van der Waals surface area contributed by atoms with Crippen molar-refractivity contribution in [1.29, 1.82) is 0 Å². The second kappa shape index (κ2) is 7.83. The molecule has 0 saturated heterocycles. The molecular weight excluding hydrogens is 383 g/mol. The van der Waals surface area contributed by atoms with Crippen molar-refractivity contribution in [3.63, 3.8) is 0 Å². The molecule has 2 aromatic carbocycles. The highest BCUT2D eigenvalue weighted by Crippen LogP contribution is 2.28. The summed E-state index contributed by atoms with van der Waals surface area (Å²) in [7, 11) is 0. The van der Waals surface area contributed by atoms with E-state index in [1.807, 2.05) is 24.3 Å². The summed E-state index contributed by atoms with van der Waals surface area (Å²) in [6.45, 7) is 2.39. The predicted molar refractivity (Wildman–Crippen MR) is 102 cm³/mol. The Morgan fingerprint density at radius 1 is 0.931 bits per heavy atom. The molecule has 0 amide bonds. The first-order valence-electron chi connectivity index (χ1n) is 9.34. The van der Waals surface area contributed by atoms with Crippen molar-refractivity contribution in [3.8, 4) is 22.8 Å². The van der Waals surface area contributed by atoms with Crippen LogP contribution < -0.4 is 4.74 Å². The smallest absolute Gasteiger partial charge is 0.508 e. The molecule has 0 atom stereocenters. The van der Waals surface area contributed by atoms with Crippen LogP contribution in [0.15, 0.2) is 59.0 Å². The molecular formula is C22H20F3NO3. The van der Waals surface area contributed by atoms with Crippen molar-refractivity contribution >= 4 is 0 Å². The minimum absolute atomic E-state index is 0.261. The summed E-state index contributed by atoms with van der Waals surface area (Å²) >= 11 is 0. The van der Waals surface area contributed by atoms with E-state index in [1.54, 1.807) is 18.2 Å². The molecule has 7 heteroatoms. The first kappa shape index (κ1) is 19.4. The number of furan rings is 1. The van der Waals surface area contributed by atoms with Crippen LogP contribution in [0.3, 0.4) is 0 Å². The normalized spacial score (nSPS) is 15.0. The predicted octanol–water partition coefficient (Wildman–Crippen LogP) is 5.15. The fraction of sp³-hybridized carbons (Fsp3) is 0.273. The van der Waals surface area contributed by atoms with Crippen LogP contribution in [0, 0.1) is 0 Å². The number of hydrogen-bond acceptors (Lipinski definition) is 4. The third kappa shape index (κ3) is 4.92. The number of rotatable bonds is 4. The fourth-order valence-electron chi connectivity index (χ4n) is 3.58. The van der Waals surface area contributed by atoms with Gasteiger partial charge < -0.3 is 14.3 Å². The molecule has 4 rings (SSSR count). The van der Waals surface area contributed by atoms with Crippen molar-refractivity contribution in [2.75, 3.05) is 13.1 Å².